The highest BCUT2D eigenvalue weighted by Gasteiger charge is 2.41. The molecular formula is C17H23N3O3. The van der Waals surface area contributed by atoms with E-state index in [1.807, 2.05) is 35.2 Å². The molecule has 0 aromatic heterocycles. The molecule has 0 bridgehead atoms. The number of likely N-dealkylation sites (N-methyl/N-ethyl adjacent to an activating group) is 1. The lowest BCUT2D eigenvalue weighted by atomic mass is 10.1. The highest BCUT2D eigenvalue weighted by atomic mass is 16.5. The first-order chi connectivity index (χ1) is 11.2. The topological polar surface area (TPSA) is 61.9 Å². The summed E-state index contributed by atoms with van der Waals surface area (Å²) in [6.45, 7) is 2.95. The van der Waals surface area contributed by atoms with Gasteiger partial charge in [-0.3, -0.25) is 14.5 Å². The molecule has 3 rings (SSSR count). The first kappa shape index (κ1) is 16.0. The van der Waals surface area contributed by atoms with Gasteiger partial charge in [0.05, 0.1) is 31.7 Å². The van der Waals surface area contributed by atoms with Crippen molar-refractivity contribution < 1.29 is 14.3 Å². The van der Waals surface area contributed by atoms with Crippen molar-refractivity contribution in [3.63, 3.8) is 0 Å². The summed E-state index contributed by atoms with van der Waals surface area (Å²) in [5.74, 6) is 0.119. The minimum atomic E-state index is -0.000267. The summed E-state index contributed by atoms with van der Waals surface area (Å²) in [5, 5.41) is 2.66. The molecule has 2 aliphatic heterocycles. The minimum absolute atomic E-state index is 0.000267. The average Bonchev–Trinajstić information content (AvgIpc) is 3.01. The molecule has 0 radical (unpaired) electrons. The third-order valence-electron chi connectivity index (χ3n) is 4.59. The number of likely N-dealkylation sites (tertiary alicyclic amines) is 1. The number of nitrogens with zero attached hydrogens (tertiary/aromatic N) is 2. The lowest BCUT2D eigenvalue weighted by Gasteiger charge is -2.35. The average molecular weight is 317 g/mol. The molecule has 6 nitrogen and oxygen atoms in total. The maximum Gasteiger partial charge on any atom is 0.233 e. The summed E-state index contributed by atoms with van der Waals surface area (Å²) in [5.41, 5.74) is 1.02. The molecule has 0 spiro atoms. The lowest BCUT2D eigenvalue weighted by molar-refractivity contribution is -0.130. The van der Waals surface area contributed by atoms with Crippen LogP contribution >= 0.6 is 0 Å². The molecule has 2 aliphatic rings. The molecule has 2 amide bonds. The Morgan fingerprint density at radius 2 is 2.04 bits per heavy atom. The zero-order chi connectivity index (χ0) is 16.2. The minimum Gasteiger partial charge on any atom is -0.373 e. The van der Waals surface area contributed by atoms with Crippen LogP contribution in [0.15, 0.2) is 30.3 Å². The van der Waals surface area contributed by atoms with E-state index in [0.29, 0.717) is 32.7 Å². The number of amides is 2. The van der Waals surface area contributed by atoms with Crippen LogP contribution in [-0.4, -0.2) is 73.6 Å². The summed E-state index contributed by atoms with van der Waals surface area (Å²) >= 11 is 0. The zero-order valence-corrected chi connectivity index (χ0v) is 13.4. The Labute approximate surface area is 136 Å². The van der Waals surface area contributed by atoms with Gasteiger partial charge >= 0.3 is 0 Å². The molecule has 1 aromatic carbocycles. The molecule has 2 atom stereocenters. The predicted molar refractivity (Wildman–Crippen MR) is 85.9 cm³/mol. The Kier molecular flexibility index (Phi) is 4.93. The fraction of sp³-hybridized carbons (Fsp3) is 0.529. The van der Waals surface area contributed by atoms with Gasteiger partial charge in [0.25, 0.3) is 0 Å². The Bertz CT molecular complexity index is 563. The number of carbonyl (C=O) groups is 2. The number of hydrogen-bond donors (Lipinski definition) is 1. The van der Waals surface area contributed by atoms with Crippen LogP contribution in [0.4, 0.5) is 0 Å². The third kappa shape index (κ3) is 3.71. The molecule has 0 aliphatic carbocycles. The van der Waals surface area contributed by atoms with Crippen LogP contribution in [0.5, 0.6) is 0 Å². The van der Waals surface area contributed by atoms with Gasteiger partial charge in [-0.1, -0.05) is 30.3 Å². The van der Waals surface area contributed by atoms with Crippen molar-refractivity contribution in [1.82, 2.24) is 15.1 Å². The second kappa shape index (κ2) is 7.10. The van der Waals surface area contributed by atoms with Crippen molar-refractivity contribution >= 4 is 11.8 Å². The van der Waals surface area contributed by atoms with E-state index in [-0.39, 0.29) is 24.0 Å². The van der Waals surface area contributed by atoms with Crippen LogP contribution < -0.4 is 5.32 Å². The number of morpholine rings is 1. The largest absolute Gasteiger partial charge is 0.373 e. The molecule has 1 N–H and O–H groups in total. The molecule has 2 fully saturated rings. The first-order valence-electron chi connectivity index (χ1n) is 8.05. The van der Waals surface area contributed by atoms with E-state index in [2.05, 4.69) is 10.2 Å². The second-order valence-corrected chi connectivity index (χ2v) is 6.08. The molecular weight excluding hydrogens is 294 g/mol. The van der Waals surface area contributed by atoms with E-state index in [1.54, 1.807) is 7.05 Å². The summed E-state index contributed by atoms with van der Waals surface area (Å²) in [4.78, 5) is 28.2. The van der Waals surface area contributed by atoms with Gasteiger partial charge in [0.15, 0.2) is 0 Å². The van der Waals surface area contributed by atoms with Crippen LogP contribution in [-0.2, 0) is 20.7 Å². The SMILES string of the molecule is CNC(=O)CN1CCO[C@H]2CN(C(=O)Cc3ccccc3)C[C@H]21. The maximum atomic E-state index is 12.5. The van der Waals surface area contributed by atoms with Crippen molar-refractivity contribution in [3.05, 3.63) is 35.9 Å². The summed E-state index contributed by atoms with van der Waals surface area (Å²) in [7, 11) is 1.64. The van der Waals surface area contributed by atoms with Gasteiger partial charge in [-0.2, -0.15) is 0 Å². The fourth-order valence-electron chi connectivity index (χ4n) is 3.30. The monoisotopic (exact) mass is 317 g/mol. The van der Waals surface area contributed by atoms with E-state index in [1.165, 1.54) is 0 Å². The normalized spacial score (nSPS) is 24.3. The number of nitrogens with one attached hydrogen (secondary N) is 1. The Balaban J connectivity index is 1.61. The van der Waals surface area contributed by atoms with Crippen molar-refractivity contribution in [2.75, 3.05) is 39.8 Å². The zero-order valence-electron chi connectivity index (χ0n) is 13.4. The summed E-state index contributed by atoms with van der Waals surface area (Å²) in [6, 6.07) is 9.88. The van der Waals surface area contributed by atoms with E-state index in [0.717, 1.165) is 12.1 Å². The number of fused-ring (bicyclic) bond motifs is 1. The lowest BCUT2D eigenvalue weighted by Crippen LogP contribution is -2.53. The molecule has 2 saturated heterocycles. The highest BCUT2D eigenvalue weighted by Crippen LogP contribution is 2.23. The second-order valence-electron chi connectivity index (χ2n) is 6.08. The van der Waals surface area contributed by atoms with E-state index in [4.69, 9.17) is 4.74 Å². The molecule has 2 heterocycles. The van der Waals surface area contributed by atoms with Gasteiger partial charge in [-0.15, -0.1) is 0 Å². The Morgan fingerprint density at radius 3 is 2.78 bits per heavy atom. The highest BCUT2D eigenvalue weighted by molar-refractivity contribution is 5.79. The first-order valence-corrected chi connectivity index (χ1v) is 8.05. The van der Waals surface area contributed by atoms with E-state index in [9.17, 15) is 9.59 Å². The van der Waals surface area contributed by atoms with Gasteiger partial charge in [0.1, 0.15) is 0 Å². The van der Waals surface area contributed by atoms with Crippen LogP contribution in [0.2, 0.25) is 0 Å². The molecule has 6 heteroatoms. The third-order valence-corrected chi connectivity index (χ3v) is 4.59. The van der Waals surface area contributed by atoms with E-state index >= 15 is 0 Å². The van der Waals surface area contributed by atoms with Crippen LogP contribution in [0, 0.1) is 0 Å². The number of rotatable bonds is 4. The Morgan fingerprint density at radius 1 is 1.26 bits per heavy atom. The molecule has 124 valence electrons. The van der Waals surface area contributed by atoms with Gasteiger partial charge in [0, 0.05) is 26.7 Å². The maximum absolute atomic E-state index is 12.5. The quantitative estimate of drug-likeness (QED) is 0.841. The molecule has 1 aromatic rings. The summed E-state index contributed by atoms with van der Waals surface area (Å²) in [6.07, 6.45) is 0.420. The van der Waals surface area contributed by atoms with Gasteiger partial charge in [-0.25, -0.2) is 0 Å². The fourth-order valence-corrected chi connectivity index (χ4v) is 3.30. The van der Waals surface area contributed by atoms with Crippen LogP contribution in [0.3, 0.4) is 0 Å². The molecule has 0 unspecified atom stereocenters. The van der Waals surface area contributed by atoms with Gasteiger partial charge in [-0.05, 0) is 5.56 Å². The van der Waals surface area contributed by atoms with Crippen molar-refractivity contribution in [2.24, 2.45) is 0 Å². The number of hydrogen-bond acceptors (Lipinski definition) is 4. The van der Waals surface area contributed by atoms with Crippen molar-refractivity contribution in [3.8, 4) is 0 Å². The number of benzene rings is 1. The molecule has 0 saturated carbocycles. The van der Waals surface area contributed by atoms with Gasteiger partial charge < -0.3 is 15.0 Å². The predicted octanol–water partition coefficient (Wildman–Crippen LogP) is -0.113. The number of carbonyl (C=O) groups excluding carboxylic acids is 2. The smallest absolute Gasteiger partial charge is 0.233 e. The van der Waals surface area contributed by atoms with Crippen LogP contribution in [0.25, 0.3) is 0 Å². The van der Waals surface area contributed by atoms with E-state index < -0.39 is 0 Å². The van der Waals surface area contributed by atoms with Crippen LogP contribution in [0.1, 0.15) is 5.56 Å². The Hall–Kier alpha value is -1.92. The standard InChI is InChI=1S/C17H23N3O3/c1-18-16(21)12-19-7-8-23-15-11-20(10-14(15)19)17(22)9-13-5-3-2-4-6-13/h2-6,14-15H,7-12H2,1H3,(H,18,21)/t14-,15+/m1/s1. The van der Waals surface area contributed by atoms with Crippen molar-refractivity contribution in [2.45, 2.75) is 18.6 Å². The summed E-state index contributed by atoms with van der Waals surface area (Å²) < 4.78 is 5.81. The molecule has 23 heavy (non-hydrogen) atoms. The number of ether oxygens (including phenoxy) is 1. The van der Waals surface area contributed by atoms with Gasteiger partial charge in [0.2, 0.25) is 11.8 Å². The van der Waals surface area contributed by atoms with Crippen molar-refractivity contribution in [1.29, 1.82) is 0 Å².